The van der Waals surface area contributed by atoms with E-state index in [1.807, 2.05) is 0 Å². The zero-order valence-electron chi connectivity index (χ0n) is 9.83. The van der Waals surface area contributed by atoms with E-state index in [0.717, 1.165) is 0 Å². The van der Waals surface area contributed by atoms with Gasteiger partial charge in [-0.1, -0.05) is 0 Å². The SMILES string of the molecule is COC(=O)C(N)CC(O)C1CCS(=O)(=O)CC1. The Labute approximate surface area is 101 Å². The highest BCUT2D eigenvalue weighted by Gasteiger charge is 2.30. The average Bonchev–Trinajstić information content (AvgIpc) is 2.27. The van der Waals surface area contributed by atoms with Gasteiger partial charge in [0.05, 0.1) is 24.7 Å². The van der Waals surface area contributed by atoms with E-state index in [1.54, 1.807) is 0 Å². The van der Waals surface area contributed by atoms with E-state index in [4.69, 9.17) is 5.73 Å². The van der Waals surface area contributed by atoms with E-state index in [-0.39, 0.29) is 23.8 Å². The Morgan fingerprint density at radius 3 is 2.47 bits per heavy atom. The summed E-state index contributed by atoms with van der Waals surface area (Å²) in [7, 11) is -1.69. The minimum absolute atomic E-state index is 0.0994. The third-order valence-corrected chi connectivity index (χ3v) is 4.86. The second kappa shape index (κ2) is 5.79. The molecule has 0 spiro atoms. The van der Waals surface area contributed by atoms with Crippen LogP contribution in [0.15, 0.2) is 0 Å². The van der Waals surface area contributed by atoms with Crippen molar-refractivity contribution in [3.63, 3.8) is 0 Å². The van der Waals surface area contributed by atoms with Crippen LogP contribution in [0.25, 0.3) is 0 Å². The molecule has 0 aromatic rings. The van der Waals surface area contributed by atoms with Gasteiger partial charge in [-0.3, -0.25) is 4.79 Å². The Balaban J connectivity index is 2.44. The van der Waals surface area contributed by atoms with Crippen LogP contribution in [0.4, 0.5) is 0 Å². The molecule has 0 aromatic heterocycles. The zero-order valence-corrected chi connectivity index (χ0v) is 10.6. The Morgan fingerprint density at radius 1 is 1.47 bits per heavy atom. The minimum Gasteiger partial charge on any atom is -0.468 e. The number of aliphatic hydroxyl groups excluding tert-OH is 1. The Kier molecular flexibility index (Phi) is 4.91. The molecule has 3 N–H and O–H groups in total. The first-order valence-corrected chi connectivity index (χ1v) is 7.40. The molecule has 1 rings (SSSR count). The summed E-state index contributed by atoms with van der Waals surface area (Å²) in [5.41, 5.74) is 5.54. The maximum absolute atomic E-state index is 11.2. The number of esters is 1. The largest absolute Gasteiger partial charge is 0.468 e. The van der Waals surface area contributed by atoms with Gasteiger partial charge in [0.2, 0.25) is 0 Å². The number of hydrogen-bond acceptors (Lipinski definition) is 6. The topological polar surface area (TPSA) is 107 Å². The summed E-state index contributed by atoms with van der Waals surface area (Å²) in [4.78, 5) is 11.1. The summed E-state index contributed by atoms with van der Waals surface area (Å²) in [5, 5.41) is 9.88. The van der Waals surface area contributed by atoms with Gasteiger partial charge in [0.1, 0.15) is 15.9 Å². The number of nitrogens with two attached hydrogens (primary N) is 1. The molecule has 7 heteroatoms. The monoisotopic (exact) mass is 265 g/mol. The summed E-state index contributed by atoms with van der Waals surface area (Å²) in [6, 6.07) is -0.853. The van der Waals surface area contributed by atoms with Crippen molar-refractivity contribution in [1.29, 1.82) is 0 Å². The fraction of sp³-hybridized carbons (Fsp3) is 0.900. The summed E-state index contributed by atoms with van der Waals surface area (Å²) >= 11 is 0. The molecule has 1 saturated heterocycles. The Bertz CT molecular complexity index is 353. The van der Waals surface area contributed by atoms with Crippen LogP contribution < -0.4 is 5.73 Å². The van der Waals surface area contributed by atoms with Crippen LogP contribution in [-0.2, 0) is 19.4 Å². The van der Waals surface area contributed by atoms with Gasteiger partial charge in [-0.15, -0.1) is 0 Å². The number of ether oxygens (including phenoxy) is 1. The third kappa shape index (κ3) is 4.25. The van der Waals surface area contributed by atoms with Crippen LogP contribution in [-0.4, -0.2) is 50.3 Å². The Morgan fingerprint density at radius 2 is 2.00 bits per heavy atom. The number of methoxy groups -OCH3 is 1. The molecule has 6 nitrogen and oxygen atoms in total. The lowest BCUT2D eigenvalue weighted by atomic mass is 9.92. The smallest absolute Gasteiger partial charge is 0.322 e. The van der Waals surface area contributed by atoms with E-state index in [0.29, 0.717) is 12.8 Å². The lowest BCUT2D eigenvalue weighted by Gasteiger charge is -2.27. The fourth-order valence-corrected chi connectivity index (χ4v) is 3.52. The number of carbonyl (C=O) groups is 1. The molecular weight excluding hydrogens is 246 g/mol. The first-order chi connectivity index (χ1) is 7.85. The van der Waals surface area contributed by atoms with E-state index in [1.165, 1.54) is 7.11 Å². The van der Waals surface area contributed by atoms with Gasteiger partial charge in [-0.25, -0.2) is 8.42 Å². The van der Waals surface area contributed by atoms with Gasteiger partial charge in [-0.2, -0.15) is 0 Å². The molecule has 0 aromatic carbocycles. The van der Waals surface area contributed by atoms with Crippen molar-refractivity contribution in [3.8, 4) is 0 Å². The lowest BCUT2D eigenvalue weighted by molar-refractivity contribution is -0.143. The average molecular weight is 265 g/mol. The molecule has 0 radical (unpaired) electrons. The van der Waals surface area contributed by atoms with Crippen molar-refractivity contribution in [2.24, 2.45) is 11.7 Å². The van der Waals surface area contributed by atoms with Crippen LogP contribution in [0.2, 0.25) is 0 Å². The second-order valence-corrected chi connectivity index (χ2v) is 6.73. The molecule has 1 aliphatic heterocycles. The number of rotatable bonds is 4. The van der Waals surface area contributed by atoms with Gasteiger partial charge in [0.15, 0.2) is 0 Å². The van der Waals surface area contributed by atoms with Crippen molar-refractivity contribution in [2.75, 3.05) is 18.6 Å². The van der Waals surface area contributed by atoms with Gasteiger partial charge < -0.3 is 15.6 Å². The molecule has 1 fully saturated rings. The zero-order chi connectivity index (χ0) is 13.1. The van der Waals surface area contributed by atoms with Gasteiger partial charge in [0.25, 0.3) is 0 Å². The van der Waals surface area contributed by atoms with Gasteiger partial charge >= 0.3 is 5.97 Å². The van der Waals surface area contributed by atoms with Crippen LogP contribution in [0, 0.1) is 5.92 Å². The molecular formula is C10H19NO5S. The maximum Gasteiger partial charge on any atom is 0.322 e. The molecule has 0 saturated carbocycles. The van der Waals surface area contributed by atoms with Gasteiger partial charge in [0, 0.05) is 0 Å². The predicted molar refractivity (Wildman–Crippen MR) is 62.0 cm³/mol. The van der Waals surface area contributed by atoms with E-state index < -0.39 is 28.0 Å². The standard InChI is InChI=1S/C10H19NO5S/c1-16-10(13)8(11)6-9(12)7-2-4-17(14,15)5-3-7/h7-9,12H,2-6,11H2,1H3. The summed E-state index contributed by atoms with van der Waals surface area (Å²) in [5.74, 6) is -0.466. The summed E-state index contributed by atoms with van der Waals surface area (Å²) < 4.78 is 26.9. The van der Waals surface area contributed by atoms with Crippen LogP contribution in [0.5, 0.6) is 0 Å². The van der Waals surface area contributed by atoms with E-state index in [2.05, 4.69) is 4.74 Å². The third-order valence-electron chi connectivity index (χ3n) is 3.14. The van der Waals surface area contributed by atoms with Crippen molar-refractivity contribution in [3.05, 3.63) is 0 Å². The van der Waals surface area contributed by atoms with Crippen LogP contribution >= 0.6 is 0 Å². The molecule has 2 atom stereocenters. The Hall–Kier alpha value is -0.660. The van der Waals surface area contributed by atoms with Crippen molar-refractivity contribution in [2.45, 2.75) is 31.4 Å². The molecule has 0 aliphatic carbocycles. The number of hydrogen-bond donors (Lipinski definition) is 2. The van der Waals surface area contributed by atoms with E-state index in [9.17, 15) is 18.3 Å². The lowest BCUT2D eigenvalue weighted by Crippen LogP contribution is -2.39. The van der Waals surface area contributed by atoms with E-state index >= 15 is 0 Å². The first-order valence-electron chi connectivity index (χ1n) is 5.57. The van der Waals surface area contributed by atoms with Crippen molar-refractivity contribution >= 4 is 15.8 Å². The quantitative estimate of drug-likeness (QED) is 0.635. The number of aliphatic hydroxyl groups is 1. The number of sulfone groups is 1. The molecule has 17 heavy (non-hydrogen) atoms. The number of carbonyl (C=O) groups excluding carboxylic acids is 1. The molecule has 100 valence electrons. The summed E-state index contributed by atoms with van der Waals surface area (Å²) in [6.45, 7) is 0. The van der Waals surface area contributed by atoms with Crippen molar-refractivity contribution in [1.82, 2.24) is 0 Å². The minimum atomic E-state index is -2.93. The van der Waals surface area contributed by atoms with Crippen LogP contribution in [0.1, 0.15) is 19.3 Å². The summed E-state index contributed by atoms with van der Waals surface area (Å²) in [6.07, 6.45) is 0.214. The highest BCUT2D eigenvalue weighted by atomic mass is 32.2. The van der Waals surface area contributed by atoms with Crippen molar-refractivity contribution < 1.29 is 23.1 Å². The highest BCUT2D eigenvalue weighted by Crippen LogP contribution is 2.24. The molecule has 1 heterocycles. The second-order valence-electron chi connectivity index (χ2n) is 4.42. The molecule has 1 aliphatic rings. The molecule has 0 bridgehead atoms. The highest BCUT2D eigenvalue weighted by molar-refractivity contribution is 7.91. The maximum atomic E-state index is 11.2. The molecule has 0 amide bonds. The molecule has 2 unspecified atom stereocenters. The normalized spacial score (nSPS) is 23.9. The van der Waals surface area contributed by atoms with Crippen LogP contribution in [0.3, 0.4) is 0 Å². The van der Waals surface area contributed by atoms with Gasteiger partial charge in [-0.05, 0) is 25.2 Å². The first kappa shape index (κ1) is 14.4. The fourth-order valence-electron chi connectivity index (χ4n) is 1.99. The predicted octanol–water partition coefficient (Wildman–Crippen LogP) is -0.937.